The third-order valence-electron chi connectivity index (χ3n) is 5.85. The van der Waals surface area contributed by atoms with E-state index in [2.05, 4.69) is 5.32 Å². The summed E-state index contributed by atoms with van der Waals surface area (Å²) in [6.07, 6.45) is 0. The molecule has 39 heavy (non-hydrogen) atoms. The predicted molar refractivity (Wildman–Crippen MR) is 144 cm³/mol. The molecule has 1 aromatic heterocycles. The van der Waals surface area contributed by atoms with Gasteiger partial charge in [-0.15, -0.1) is 0 Å². The van der Waals surface area contributed by atoms with Crippen molar-refractivity contribution in [2.45, 2.75) is 6.92 Å². The summed E-state index contributed by atoms with van der Waals surface area (Å²) in [4.78, 5) is 36.9. The van der Waals surface area contributed by atoms with Crippen LogP contribution in [0.5, 0.6) is 11.5 Å². The van der Waals surface area contributed by atoms with E-state index in [1.54, 1.807) is 49.4 Å². The minimum atomic E-state index is -1.10. The number of para-hydroxylation sites is 1. The Morgan fingerprint density at radius 3 is 2.46 bits per heavy atom. The first-order valence-corrected chi connectivity index (χ1v) is 12.7. The molecule has 5 rings (SSSR count). The molecule has 2 heterocycles. The smallest absolute Gasteiger partial charge is 0.290 e. The molecule has 0 bridgehead atoms. The van der Waals surface area contributed by atoms with Gasteiger partial charge in [0, 0.05) is 5.56 Å². The van der Waals surface area contributed by atoms with E-state index < -0.39 is 28.2 Å². The number of thioether (sulfide) groups is 1. The lowest BCUT2D eigenvalue weighted by Gasteiger charge is -2.13. The summed E-state index contributed by atoms with van der Waals surface area (Å²) in [7, 11) is 0. The number of allylic oxidation sites excluding steroid dienone is 1. The van der Waals surface area contributed by atoms with Crippen molar-refractivity contribution in [3.63, 3.8) is 0 Å². The number of hydrogen-bond donors (Lipinski definition) is 1. The molecular formula is C28H18ClF2NO6S. The van der Waals surface area contributed by atoms with E-state index in [1.165, 1.54) is 6.07 Å². The lowest BCUT2D eigenvalue weighted by atomic mass is 10.1. The maximum atomic E-state index is 13.9. The maximum absolute atomic E-state index is 13.9. The molecule has 0 unspecified atom stereocenters. The largest absolute Gasteiger partial charge is 0.488 e. The van der Waals surface area contributed by atoms with Crippen LogP contribution in [0.4, 0.5) is 13.6 Å². The highest BCUT2D eigenvalue weighted by Gasteiger charge is 2.27. The Balaban J connectivity index is 1.34. The normalized spacial score (nSPS) is 14.5. The molecule has 0 radical (unpaired) electrons. The molecule has 4 aromatic rings. The second kappa shape index (κ2) is 10.9. The van der Waals surface area contributed by atoms with E-state index in [4.69, 9.17) is 25.5 Å². The molecule has 1 saturated heterocycles. The molecule has 0 saturated carbocycles. The van der Waals surface area contributed by atoms with Gasteiger partial charge in [0.15, 0.2) is 17.4 Å². The Hall–Kier alpha value is -4.15. The molecule has 198 valence electrons. The van der Waals surface area contributed by atoms with Gasteiger partial charge in [-0.1, -0.05) is 29.8 Å². The van der Waals surface area contributed by atoms with E-state index in [0.717, 1.165) is 23.9 Å². The molecule has 7 nitrogen and oxygen atoms in total. The molecule has 0 atom stereocenters. The number of halogens is 3. The first kappa shape index (κ1) is 26.5. The average Bonchev–Trinajstić information content (AvgIpc) is 3.26. The standard InChI is InChI=1S/C28H18ClF2NO6S/c1-14(26-27(34)32-28(35)39-26)15-7-9-22(18(29)12-15)36-10-11-37-25-23(33)17-4-2-3-5-21(17)38-24(25)16-6-8-19(30)20(31)13-16/h2-9,12-13H,10-11H2,1H3,(H,32,34,35)/b26-14+. The number of benzene rings is 3. The third-order valence-corrected chi connectivity index (χ3v) is 7.13. The van der Waals surface area contributed by atoms with E-state index in [9.17, 15) is 23.2 Å². The Morgan fingerprint density at radius 1 is 0.974 bits per heavy atom. The molecule has 1 fully saturated rings. The van der Waals surface area contributed by atoms with Gasteiger partial charge in [0.25, 0.3) is 11.1 Å². The number of imide groups is 1. The summed E-state index contributed by atoms with van der Waals surface area (Å²) in [6.45, 7) is 1.59. The zero-order valence-corrected chi connectivity index (χ0v) is 21.8. The second-order valence-corrected chi connectivity index (χ2v) is 9.74. The first-order valence-electron chi connectivity index (χ1n) is 11.5. The van der Waals surface area contributed by atoms with Gasteiger partial charge in [0.2, 0.25) is 11.2 Å². The van der Waals surface area contributed by atoms with Crippen molar-refractivity contribution in [2.75, 3.05) is 13.2 Å². The second-order valence-electron chi connectivity index (χ2n) is 8.35. The summed E-state index contributed by atoms with van der Waals surface area (Å²) < 4.78 is 44.7. The lowest BCUT2D eigenvalue weighted by molar-refractivity contribution is -0.115. The molecular weight excluding hydrogens is 552 g/mol. The highest BCUT2D eigenvalue weighted by atomic mass is 35.5. The van der Waals surface area contributed by atoms with Gasteiger partial charge in [0.05, 0.1) is 15.3 Å². The SMILES string of the molecule is C/C(=C1\SC(=O)NC1=O)c1ccc(OCCOc2c(-c3ccc(F)c(F)c3)oc3ccccc3c2=O)c(Cl)c1. The van der Waals surface area contributed by atoms with E-state index in [0.29, 0.717) is 21.8 Å². The average molecular weight is 570 g/mol. The van der Waals surface area contributed by atoms with Crippen LogP contribution >= 0.6 is 23.4 Å². The molecule has 3 aromatic carbocycles. The first-order chi connectivity index (χ1) is 18.7. The van der Waals surface area contributed by atoms with Gasteiger partial charge in [-0.2, -0.15) is 0 Å². The van der Waals surface area contributed by atoms with Gasteiger partial charge < -0.3 is 13.9 Å². The van der Waals surface area contributed by atoms with Crippen LogP contribution in [0.15, 0.2) is 74.8 Å². The highest BCUT2D eigenvalue weighted by molar-refractivity contribution is 8.18. The number of carbonyl (C=O) groups excluding carboxylic acids is 2. The minimum Gasteiger partial charge on any atom is -0.488 e. The predicted octanol–water partition coefficient (Wildman–Crippen LogP) is 6.56. The molecule has 1 N–H and O–H groups in total. The quantitative estimate of drug-likeness (QED) is 0.199. The zero-order valence-electron chi connectivity index (χ0n) is 20.2. The van der Waals surface area contributed by atoms with Crippen LogP contribution in [0.25, 0.3) is 27.9 Å². The third kappa shape index (κ3) is 5.39. The maximum Gasteiger partial charge on any atom is 0.290 e. The molecule has 0 spiro atoms. The molecule has 11 heteroatoms. The fourth-order valence-corrected chi connectivity index (χ4v) is 4.90. The fraction of sp³-hybridized carbons (Fsp3) is 0.107. The number of nitrogens with one attached hydrogen (secondary N) is 1. The van der Waals surface area contributed by atoms with Gasteiger partial charge in [-0.3, -0.25) is 19.7 Å². The monoisotopic (exact) mass is 569 g/mol. The molecule has 1 aliphatic rings. The Morgan fingerprint density at radius 2 is 1.74 bits per heavy atom. The van der Waals surface area contributed by atoms with Crippen molar-refractivity contribution in [3.8, 4) is 22.8 Å². The molecule has 0 aliphatic carbocycles. The van der Waals surface area contributed by atoms with Gasteiger partial charge in [0.1, 0.15) is 24.5 Å². The summed E-state index contributed by atoms with van der Waals surface area (Å²) in [5.74, 6) is -2.49. The van der Waals surface area contributed by atoms with Crippen LogP contribution < -0.4 is 20.2 Å². The van der Waals surface area contributed by atoms with Gasteiger partial charge in [-0.25, -0.2) is 8.78 Å². The zero-order chi connectivity index (χ0) is 27.7. The van der Waals surface area contributed by atoms with Crippen molar-refractivity contribution in [3.05, 3.63) is 98.0 Å². The van der Waals surface area contributed by atoms with E-state index in [-0.39, 0.29) is 46.3 Å². The highest BCUT2D eigenvalue weighted by Crippen LogP contribution is 2.35. The summed E-state index contributed by atoms with van der Waals surface area (Å²) in [5, 5.41) is 2.30. The molecule has 2 amide bonds. The number of carbonyl (C=O) groups is 2. The van der Waals surface area contributed by atoms with Crippen molar-refractivity contribution < 1.29 is 32.3 Å². The van der Waals surface area contributed by atoms with Gasteiger partial charge in [-0.05, 0) is 72.3 Å². The van der Waals surface area contributed by atoms with Crippen molar-refractivity contribution in [1.29, 1.82) is 0 Å². The topological polar surface area (TPSA) is 94.8 Å². The van der Waals surface area contributed by atoms with Crippen LogP contribution in [0.2, 0.25) is 5.02 Å². The van der Waals surface area contributed by atoms with Gasteiger partial charge >= 0.3 is 0 Å². The van der Waals surface area contributed by atoms with Crippen LogP contribution in [0.1, 0.15) is 12.5 Å². The Kier molecular flexibility index (Phi) is 7.40. The van der Waals surface area contributed by atoms with Crippen molar-refractivity contribution in [1.82, 2.24) is 5.32 Å². The number of rotatable bonds is 7. The molecule has 1 aliphatic heterocycles. The van der Waals surface area contributed by atoms with Crippen molar-refractivity contribution in [2.24, 2.45) is 0 Å². The van der Waals surface area contributed by atoms with E-state index in [1.807, 2.05) is 0 Å². The van der Waals surface area contributed by atoms with Crippen LogP contribution in [-0.4, -0.2) is 24.4 Å². The van der Waals surface area contributed by atoms with Crippen molar-refractivity contribution >= 4 is 51.1 Å². The number of ether oxygens (including phenoxy) is 2. The Bertz CT molecular complexity index is 1740. The van der Waals surface area contributed by atoms with Crippen LogP contribution in [-0.2, 0) is 4.79 Å². The number of hydrogen-bond acceptors (Lipinski definition) is 7. The number of fused-ring (bicyclic) bond motifs is 1. The minimum absolute atomic E-state index is 0.0185. The number of amides is 2. The lowest BCUT2D eigenvalue weighted by Crippen LogP contribution is -2.18. The summed E-state index contributed by atoms with van der Waals surface area (Å²) in [5.41, 5.74) is 1.15. The summed E-state index contributed by atoms with van der Waals surface area (Å²) in [6, 6.07) is 14.6. The summed E-state index contributed by atoms with van der Waals surface area (Å²) >= 11 is 7.19. The fourth-order valence-electron chi connectivity index (χ4n) is 3.92. The van der Waals surface area contributed by atoms with Crippen LogP contribution in [0.3, 0.4) is 0 Å². The Labute approximate surface area is 229 Å². The van der Waals surface area contributed by atoms with E-state index >= 15 is 0 Å². The van der Waals surface area contributed by atoms with Crippen LogP contribution in [0, 0.1) is 11.6 Å².